The van der Waals surface area contributed by atoms with Crippen LogP contribution in [0.4, 0.5) is 17.1 Å². The van der Waals surface area contributed by atoms with Gasteiger partial charge in [0.25, 0.3) is 0 Å². The van der Waals surface area contributed by atoms with Gasteiger partial charge in [-0.05, 0) is 199 Å². The van der Waals surface area contributed by atoms with Gasteiger partial charge in [0.05, 0.1) is 16.8 Å². The van der Waals surface area contributed by atoms with Gasteiger partial charge in [0.1, 0.15) is 0 Å². The summed E-state index contributed by atoms with van der Waals surface area (Å²) in [5.41, 5.74) is 26.8. The van der Waals surface area contributed by atoms with Crippen molar-refractivity contribution in [2.45, 2.75) is 87.9 Å². The Labute approximate surface area is 390 Å². The third-order valence-corrected chi connectivity index (χ3v) is 18.4. The zero-order valence-corrected chi connectivity index (χ0v) is 38.6. The SMILES string of the molecule is CC(C)(C)c1ccc2c(c1)C1(c3ccccc3-c3ccc(N4c5ccc(-c6ccc(C78CC9CC(CC(C9)C7)C8)cc6)cc5C5(C)c6ccccc6-c6cccc4c65)cc31)c1ccccc1-2. The third kappa shape index (κ3) is 4.67. The summed E-state index contributed by atoms with van der Waals surface area (Å²) in [5, 5.41) is 0. The van der Waals surface area contributed by atoms with Crippen molar-refractivity contribution in [3.05, 3.63) is 220 Å². The average Bonchev–Trinajstić information content (AvgIpc) is 3.91. The van der Waals surface area contributed by atoms with E-state index in [1.165, 1.54) is 145 Å². The Bertz CT molecular complexity index is 3360. The molecule has 4 bridgehead atoms. The van der Waals surface area contributed by atoms with Crippen LogP contribution in [0, 0.1) is 17.8 Å². The maximum Gasteiger partial charge on any atom is 0.0726 e. The van der Waals surface area contributed by atoms with Gasteiger partial charge in [-0.2, -0.15) is 0 Å². The predicted molar refractivity (Wildman–Crippen MR) is 272 cm³/mol. The Morgan fingerprint density at radius 3 is 1.64 bits per heavy atom. The molecule has 16 rings (SSSR count). The Balaban J connectivity index is 0.934. The summed E-state index contributed by atoms with van der Waals surface area (Å²) in [6.07, 6.45) is 8.65. The zero-order valence-electron chi connectivity index (χ0n) is 38.6. The van der Waals surface area contributed by atoms with E-state index in [0.717, 1.165) is 17.8 Å². The number of benzene rings is 8. The summed E-state index contributed by atoms with van der Waals surface area (Å²) in [7, 11) is 0. The molecule has 1 heteroatoms. The smallest absolute Gasteiger partial charge is 0.0726 e. The summed E-state index contributed by atoms with van der Waals surface area (Å²) >= 11 is 0. The van der Waals surface area contributed by atoms with Gasteiger partial charge in [0.2, 0.25) is 0 Å². The van der Waals surface area contributed by atoms with Crippen molar-refractivity contribution in [3.63, 3.8) is 0 Å². The summed E-state index contributed by atoms with van der Waals surface area (Å²) < 4.78 is 0. The number of anilines is 3. The summed E-state index contributed by atoms with van der Waals surface area (Å²) in [5.74, 6) is 2.83. The van der Waals surface area contributed by atoms with Gasteiger partial charge in [0.15, 0.2) is 0 Å². The van der Waals surface area contributed by atoms with Crippen LogP contribution in [-0.4, -0.2) is 0 Å². The molecular formula is C65H55N. The minimum atomic E-state index is -0.441. The number of hydrogen-bond donors (Lipinski definition) is 0. The van der Waals surface area contributed by atoms with Crippen LogP contribution < -0.4 is 4.90 Å². The minimum Gasteiger partial charge on any atom is -0.310 e. The first kappa shape index (κ1) is 37.7. The van der Waals surface area contributed by atoms with Gasteiger partial charge in [-0.1, -0.05) is 160 Å². The lowest BCUT2D eigenvalue weighted by Gasteiger charge is -2.57. The molecule has 1 heterocycles. The third-order valence-electron chi connectivity index (χ3n) is 18.4. The maximum atomic E-state index is 2.62. The Morgan fingerprint density at radius 1 is 0.439 bits per heavy atom. The van der Waals surface area contributed by atoms with E-state index < -0.39 is 5.41 Å². The quantitative estimate of drug-likeness (QED) is 0.171. The van der Waals surface area contributed by atoms with E-state index in [0.29, 0.717) is 5.41 Å². The molecular weight excluding hydrogens is 795 g/mol. The van der Waals surface area contributed by atoms with Crippen LogP contribution in [0.5, 0.6) is 0 Å². The average molecular weight is 850 g/mol. The van der Waals surface area contributed by atoms with Crippen LogP contribution in [-0.2, 0) is 21.7 Å². The Kier molecular flexibility index (Phi) is 7.27. The van der Waals surface area contributed by atoms with Gasteiger partial charge < -0.3 is 4.90 Å². The van der Waals surface area contributed by atoms with Crippen LogP contribution >= 0.6 is 0 Å². The fourth-order valence-electron chi connectivity index (χ4n) is 16.0. The first-order chi connectivity index (χ1) is 32.1. The van der Waals surface area contributed by atoms with Gasteiger partial charge in [-0.25, -0.2) is 0 Å². The molecule has 1 aliphatic heterocycles. The second kappa shape index (κ2) is 12.7. The van der Waals surface area contributed by atoms with Crippen molar-refractivity contribution in [3.8, 4) is 44.5 Å². The van der Waals surface area contributed by atoms with Crippen molar-refractivity contribution in [1.82, 2.24) is 0 Å². The molecule has 8 aromatic rings. The molecule has 0 amide bonds. The van der Waals surface area contributed by atoms with Crippen molar-refractivity contribution in [2.24, 2.45) is 17.8 Å². The van der Waals surface area contributed by atoms with E-state index in [1.807, 2.05) is 0 Å². The highest BCUT2D eigenvalue weighted by Crippen LogP contribution is 2.67. The van der Waals surface area contributed by atoms with E-state index in [-0.39, 0.29) is 10.8 Å². The highest BCUT2D eigenvalue weighted by Gasteiger charge is 2.54. The summed E-state index contributed by atoms with van der Waals surface area (Å²) in [6.45, 7) is 9.55. The molecule has 66 heavy (non-hydrogen) atoms. The largest absolute Gasteiger partial charge is 0.310 e. The Morgan fingerprint density at radius 2 is 0.985 bits per heavy atom. The standard InChI is InChI=1S/C65H55N/c1-62(2,3)45-25-27-50-47-12-6-9-17-54(47)65(56(50)34-45)55-18-10-7-13-48(55)51-28-26-46(35-57(51)65)66-59-29-22-43(42-20-23-44(24-21-42)64-36-39-30-40(37-64)32-41(31-39)38-64)33-58(59)63(4)53-16-8-5-14-49(53)52-15-11-19-60(66)61(52)63/h5-29,33-35,39-41H,30-32,36-38H2,1-4H3. The first-order valence-electron chi connectivity index (χ1n) is 24.9. The summed E-state index contributed by atoms with van der Waals surface area (Å²) in [6, 6.07) is 66.9. The van der Waals surface area contributed by atoms with Crippen molar-refractivity contribution in [2.75, 3.05) is 4.90 Å². The molecule has 0 radical (unpaired) electrons. The first-order valence-corrected chi connectivity index (χ1v) is 24.9. The van der Waals surface area contributed by atoms with Crippen molar-refractivity contribution >= 4 is 17.1 Å². The fraction of sp³-hybridized carbons (Fsp3) is 0.262. The van der Waals surface area contributed by atoms with Crippen LogP contribution in [0.25, 0.3) is 44.5 Å². The molecule has 4 saturated carbocycles. The lowest BCUT2D eigenvalue weighted by molar-refractivity contribution is -0.00518. The molecule has 320 valence electrons. The van der Waals surface area contributed by atoms with E-state index >= 15 is 0 Å². The molecule has 1 spiro atoms. The normalized spacial score (nSPS) is 26.1. The number of nitrogens with zero attached hydrogens (tertiary/aromatic N) is 1. The monoisotopic (exact) mass is 849 g/mol. The fourth-order valence-corrected chi connectivity index (χ4v) is 16.0. The minimum absolute atomic E-state index is 0.0124. The molecule has 0 N–H and O–H groups in total. The highest BCUT2D eigenvalue weighted by molar-refractivity contribution is 6.00. The molecule has 0 saturated heterocycles. The van der Waals surface area contributed by atoms with E-state index in [2.05, 4.69) is 202 Å². The van der Waals surface area contributed by atoms with Gasteiger partial charge in [-0.15, -0.1) is 0 Å². The lowest BCUT2D eigenvalue weighted by atomic mass is 9.48. The molecule has 4 fully saturated rings. The van der Waals surface area contributed by atoms with Crippen molar-refractivity contribution < 1.29 is 0 Å². The molecule has 2 unspecified atom stereocenters. The molecule has 8 aliphatic rings. The summed E-state index contributed by atoms with van der Waals surface area (Å²) in [4.78, 5) is 2.62. The van der Waals surface area contributed by atoms with Gasteiger partial charge in [-0.3, -0.25) is 0 Å². The zero-order chi connectivity index (χ0) is 43.9. The lowest BCUT2D eigenvalue weighted by Crippen LogP contribution is -2.48. The molecule has 0 aromatic heterocycles. The second-order valence-electron chi connectivity index (χ2n) is 22.8. The highest BCUT2D eigenvalue weighted by atomic mass is 15.2. The number of fused-ring (bicyclic) bond motifs is 15. The van der Waals surface area contributed by atoms with E-state index in [4.69, 9.17) is 0 Å². The van der Waals surface area contributed by atoms with E-state index in [1.54, 1.807) is 5.56 Å². The predicted octanol–water partition coefficient (Wildman–Crippen LogP) is 16.6. The second-order valence-corrected chi connectivity index (χ2v) is 22.8. The van der Waals surface area contributed by atoms with Crippen LogP contribution in [0.1, 0.15) is 116 Å². The Hall–Kier alpha value is -6.44. The maximum absolute atomic E-state index is 2.62. The van der Waals surface area contributed by atoms with Gasteiger partial charge in [0, 0.05) is 11.1 Å². The van der Waals surface area contributed by atoms with Crippen LogP contribution in [0.15, 0.2) is 170 Å². The van der Waals surface area contributed by atoms with Crippen LogP contribution in [0.3, 0.4) is 0 Å². The molecule has 7 aliphatic carbocycles. The molecule has 8 aromatic carbocycles. The number of rotatable bonds is 3. The number of hydrogen-bond acceptors (Lipinski definition) is 1. The van der Waals surface area contributed by atoms with E-state index in [9.17, 15) is 0 Å². The van der Waals surface area contributed by atoms with Crippen molar-refractivity contribution in [1.29, 1.82) is 0 Å². The van der Waals surface area contributed by atoms with Gasteiger partial charge >= 0.3 is 0 Å². The molecule has 2 atom stereocenters. The molecule has 1 nitrogen and oxygen atoms in total. The topological polar surface area (TPSA) is 3.24 Å². The van der Waals surface area contributed by atoms with Crippen LogP contribution in [0.2, 0.25) is 0 Å².